The third kappa shape index (κ3) is 5.64. The summed E-state index contributed by atoms with van der Waals surface area (Å²) in [6, 6.07) is 1.88. The van der Waals surface area contributed by atoms with E-state index in [0.29, 0.717) is 16.7 Å². The van der Waals surface area contributed by atoms with Gasteiger partial charge in [0.1, 0.15) is 16.3 Å². The molecule has 0 fully saturated rings. The van der Waals surface area contributed by atoms with E-state index in [0.717, 1.165) is 0 Å². The lowest BCUT2D eigenvalue weighted by Crippen LogP contribution is -2.11. The number of nitrogens with two attached hydrogens (primary N) is 1. The summed E-state index contributed by atoms with van der Waals surface area (Å²) >= 11 is 3.25. The van der Waals surface area contributed by atoms with Crippen LogP contribution in [0.4, 0.5) is 0 Å². The van der Waals surface area contributed by atoms with Crippen molar-refractivity contribution in [1.29, 1.82) is 5.26 Å². The van der Waals surface area contributed by atoms with Gasteiger partial charge in [0.25, 0.3) is 0 Å². The van der Waals surface area contributed by atoms with Crippen LogP contribution >= 0.6 is 15.9 Å². The lowest BCUT2D eigenvalue weighted by Gasteiger charge is -2.07. The molecule has 0 aliphatic rings. The van der Waals surface area contributed by atoms with Gasteiger partial charge >= 0.3 is 0 Å². The smallest absolute Gasteiger partial charge is 0.179 e. The summed E-state index contributed by atoms with van der Waals surface area (Å²) in [4.78, 5) is 17.7. The van der Waals surface area contributed by atoms with E-state index in [1.807, 2.05) is 13.0 Å². The first-order chi connectivity index (χ1) is 8.46. The van der Waals surface area contributed by atoms with Crippen molar-refractivity contribution in [3.05, 3.63) is 23.5 Å². The number of hydrogen-bond acceptors (Lipinski definition) is 5. The Morgan fingerprint density at radius 3 is 2.56 bits per heavy atom. The lowest BCUT2D eigenvalue weighted by atomic mass is 10.1. The second-order valence-corrected chi connectivity index (χ2v) is 4.43. The number of allylic oxidation sites excluding steroid dienone is 2. The van der Waals surface area contributed by atoms with Gasteiger partial charge in [-0.05, 0) is 22.9 Å². The molecule has 0 bridgehead atoms. The highest BCUT2D eigenvalue weighted by molar-refractivity contribution is 9.18. The molecule has 98 valence electrons. The maximum Gasteiger partial charge on any atom is 0.179 e. The van der Waals surface area contributed by atoms with Crippen molar-refractivity contribution < 1.29 is 4.79 Å². The van der Waals surface area contributed by atoms with E-state index in [1.165, 1.54) is 12.4 Å². The van der Waals surface area contributed by atoms with E-state index >= 15 is 0 Å². The van der Waals surface area contributed by atoms with E-state index in [9.17, 15) is 4.79 Å². The Hall–Kier alpha value is -1.61. The molecule has 0 spiro atoms. The molecular formula is C12H17BrN4O. The Morgan fingerprint density at radius 2 is 2.17 bits per heavy atom. The van der Waals surface area contributed by atoms with Crippen molar-refractivity contribution in [3.63, 3.8) is 0 Å². The van der Waals surface area contributed by atoms with Crippen LogP contribution in [0.2, 0.25) is 0 Å². The molecule has 6 heteroatoms. The zero-order valence-electron chi connectivity index (χ0n) is 10.8. The molecule has 2 N–H and O–H groups in total. The SMILES string of the molecule is CCN=C(Br)C(=CN)CC(=O)/C(C#N)=C\N(C)C. The Morgan fingerprint density at radius 1 is 1.56 bits per heavy atom. The molecule has 0 aromatic rings. The van der Waals surface area contributed by atoms with Gasteiger partial charge in [0.2, 0.25) is 0 Å². The standard InChI is InChI=1S/C12H17BrN4O/c1-4-16-12(13)9(6-14)5-11(18)10(7-15)8-17(2)3/h6,8H,4-5,14H2,1-3H3/b9-6?,10-8-,16-12?. The highest BCUT2D eigenvalue weighted by Gasteiger charge is 2.14. The second kappa shape index (κ2) is 8.48. The summed E-state index contributed by atoms with van der Waals surface area (Å²) < 4.78 is 0.544. The Bertz CT molecular complexity index is 430. The Labute approximate surface area is 116 Å². The first kappa shape index (κ1) is 16.4. The minimum atomic E-state index is -0.286. The van der Waals surface area contributed by atoms with Crippen LogP contribution in [-0.4, -0.2) is 35.9 Å². The van der Waals surface area contributed by atoms with Crippen LogP contribution < -0.4 is 5.73 Å². The van der Waals surface area contributed by atoms with Crippen LogP contribution in [0, 0.1) is 11.3 Å². The van der Waals surface area contributed by atoms with E-state index in [-0.39, 0.29) is 17.8 Å². The van der Waals surface area contributed by atoms with Crippen molar-refractivity contribution in [3.8, 4) is 6.07 Å². The van der Waals surface area contributed by atoms with Crippen LogP contribution in [0.25, 0.3) is 0 Å². The fourth-order valence-corrected chi connectivity index (χ4v) is 1.65. The Kier molecular flexibility index (Phi) is 7.72. The van der Waals surface area contributed by atoms with Crippen LogP contribution in [0.5, 0.6) is 0 Å². The number of Topliss-reactive ketones (excluding diaryl/α,β-unsaturated/α-hetero) is 1. The van der Waals surface area contributed by atoms with Gasteiger partial charge in [0, 0.05) is 45.0 Å². The monoisotopic (exact) mass is 312 g/mol. The molecule has 0 saturated carbocycles. The number of halogens is 1. The van der Waals surface area contributed by atoms with E-state index in [1.54, 1.807) is 19.0 Å². The zero-order valence-corrected chi connectivity index (χ0v) is 12.4. The average Bonchev–Trinajstić information content (AvgIpc) is 2.32. The predicted molar refractivity (Wildman–Crippen MR) is 76.2 cm³/mol. The van der Waals surface area contributed by atoms with Crippen molar-refractivity contribution >= 4 is 26.3 Å². The fourth-order valence-electron chi connectivity index (χ4n) is 1.13. The van der Waals surface area contributed by atoms with E-state index < -0.39 is 0 Å². The van der Waals surface area contributed by atoms with Gasteiger partial charge in [-0.2, -0.15) is 5.26 Å². The molecule has 0 aromatic heterocycles. The first-order valence-corrected chi connectivity index (χ1v) is 6.18. The quantitative estimate of drug-likeness (QED) is 0.458. The number of aliphatic imine (C=N–C) groups is 1. The molecule has 18 heavy (non-hydrogen) atoms. The second-order valence-electron chi connectivity index (χ2n) is 3.68. The number of nitriles is 1. The maximum absolute atomic E-state index is 11.9. The summed E-state index contributed by atoms with van der Waals surface area (Å²) in [6.07, 6.45) is 2.86. The van der Waals surface area contributed by atoms with Crippen LogP contribution in [0.1, 0.15) is 13.3 Å². The average molecular weight is 313 g/mol. The normalized spacial score (nSPS) is 13.2. The lowest BCUT2D eigenvalue weighted by molar-refractivity contribution is -0.114. The van der Waals surface area contributed by atoms with Gasteiger partial charge in [-0.15, -0.1) is 0 Å². The minimum Gasteiger partial charge on any atom is -0.404 e. The third-order valence-corrected chi connectivity index (χ3v) is 2.68. The van der Waals surface area contributed by atoms with Gasteiger partial charge in [0.15, 0.2) is 5.78 Å². The van der Waals surface area contributed by atoms with Crippen molar-refractivity contribution in [2.45, 2.75) is 13.3 Å². The van der Waals surface area contributed by atoms with Crippen LogP contribution in [-0.2, 0) is 4.79 Å². The van der Waals surface area contributed by atoms with Crippen molar-refractivity contribution in [2.24, 2.45) is 10.7 Å². The van der Waals surface area contributed by atoms with Crippen LogP contribution in [0.15, 0.2) is 28.5 Å². The highest BCUT2D eigenvalue weighted by Crippen LogP contribution is 2.13. The number of carbonyl (C=O) groups excluding carboxylic acids is 1. The molecule has 0 aromatic carbocycles. The molecule has 0 rings (SSSR count). The topological polar surface area (TPSA) is 82.5 Å². The third-order valence-electron chi connectivity index (χ3n) is 1.92. The molecule has 0 unspecified atom stereocenters. The van der Waals surface area contributed by atoms with E-state index in [2.05, 4.69) is 20.9 Å². The Balaban J connectivity index is 4.95. The molecule has 0 amide bonds. The number of nitrogens with zero attached hydrogens (tertiary/aromatic N) is 3. The maximum atomic E-state index is 11.9. The summed E-state index contributed by atoms with van der Waals surface area (Å²) in [5, 5.41) is 8.91. The highest BCUT2D eigenvalue weighted by atomic mass is 79.9. The van der Waals surface area contributed by atoms with Crippen molar-refractivity contribution in [2.75, 3.05) is 20.6 Å². The van der Waals surface area contributed by atoms with Crippen molar-refractivity contribution in [1.82, 2.24) is 4.90 Å². The molecule has 0 radical (unpaired) electrons. The zero-order chi connectivity index (χ0) is 14.1. The molecule has 0 aliphatic carbocycles. The summed E-state index contributed by atoms with van der Waals surface area (Å²) in [7, 11) is 3.50. The van der Waals surface area contributed by atoms with Gasteiger partial charge in [0.05, 0.1) is 0 Å². The number of ketones is 1. The molecular weight excluding hydrogens is 296 g/mol. The molecule has 0 heterocycles. The predicted octanol–water partition coefficient (Wildman–Crippen LogP) is 1.57. The van der Waals surface area contributed by atoms with Gasteiger partial charge in [-0.25, -0.2) is 0 Å². The largest absolute Gasteiger partial charge is 0.404 e. The van der Waals surface area contributed by atoms with E-state index in [4.69, 9.17) is 11.0 Å². The number of rotatable bonds is 6. The molecule has 0 atom stereocenters. The summed E-state index contributed by atoms with van der Waals surface area (Å²) in [5.41, 5.74) is 6.12. The van der Waals surface area contributed by atoms with Gasteiger partial charge in [-0.3, -0.25) is 9.79 Å². The number of carbonyl (C=O) groups is 1. The summed E-state index contributed by atoms with van der Waals surface area (Å²) in [5.74, 6) is -0.286. The minimum absolute atomic E-state index is 0.0494. The van der Waals surface area contributed by atoms with Gasteiger partial charge in [-0.1, -0.05) is 0 Å². The summed E-state index contributed by atoms with van der Waals surface area (Å²) in [6.45, 7) is 2.47. The number of hydrogen-bond donors (Lipinski definition) is 1. The first-order valence-electron chi connectivity index (χ1n) is 5.38. The van der Waals surface area contributed by atoms with Gasteiger partial charge < -0.3 is 10.6 Å². The van der Waals surface area contributed by atoms with Crippen LogP contribution in [0.3, 0.4) is 0 Å². The molecule has 0 aliphatic heterocycles. The molecule has 5 nitrogen and oxygen atoms in total. The fraction of sp³-hybridized carbons (Fsp3) is 0.417. The molecule has 0 saturated heterocycles.